The standard InChI is InChI=1S/C18H15ClN4O4/c1-12-14(18(19)23(21-12)13-5-3-2-4-6-13)7-8-17(25)26-11-16(24)20-15-9-10-27-22-15/h2-10H,11H2,1H3,(H,20,22,24)/b8-7+. The minimum atomic E-state index is -0.687. The second-order valence-electron chi connectivity index (χ2n) is 5.41. The van der Waals surface area contributed by atoms with Crippen LogP contribution in [0.25, 0.3) is 11.8 Å². The number of benzene rings is 1. The minimum absolute atomic E-state index is 0.238. The molecule has 0 atom stereocenters. The van der Waals surface area contributed by atoms with Crippen LogP contribution < -0.4 is 5.32 Å². The van der Waals surface area contributed by atoms with Gasteiger partial charge in [-0.25, -0.2) is 9.48 Å². The van der Waals surface area contributed by atoms with Crippen molar-refractivity contribution in [1.29, 1.82) is 0 Å². The van der Waals surface area contributed by atoms with E-state index in [1.54, 1.807) is 11.6 Å². The van der Waals surface area contributed by atoms with Crippen LogP contribution in [0.1, 0.15) is 11.3 Å². The molecule has 0 saturated heterocycles. The molecular formula is C18H15ClN4O4. The molecule has 1 amide bonds. The molecule has 0 aliphatic carbocycles. The number of carbonyl (C=O) groups is 2. The Bertz CT molecular complexity index is 965. The number of amides is 1. The van der Waals surface area contributed by atoms with Gasteiger partial charge in [-0.1, -0.05) is 35.0 Å². The van der Waals surface area contributed by atoms with Gasteiger partial charge in [0, 0.05) is 17.7 Å². The number of rotatable bonds is 6. The monoisotopic (exact) mass is 386 g/mol. The van der Waals surface area contributed by atoms with E-state index >= 15 is 0 Å². The highest BCUT2D eigenvalue weighted by Gasteiger charge is 2.13. The van der Waals surface area contributed by atoms with Crippen molar-refractivity contribution in [2.75, 3.05) is 11.9 Å². The number of aromatic nitrogens is 3. The van der Waals surface area contributed by atoms with Crippen molar-refractivity contribution < 1.29 is 18.8 Å². The van der Waals surface area contributed by atoms with E-state index in [0.717, 1.165) is 5.69 Å². The molecule has 2 aromatic heterocycles. The third-order valence-corrected chi connectivity index (χ3v) is 3.85. The Morgan fingerprint density at radius 3 is 2.78 bits per heavy atom. The van der Waals surface area contributed by atoms with Crippen LogP contribution in [0.5, 0.6) is 0 Å². The van der Waals surface area contributed by atoms with Gasteiger partial charge < -0.3 is 14.6 Å². The summed E-state index contributed by atoms with van der Waals surface area (Å²) in [6.07, 6.45) is 4.00. The van der Waals surface area contributed by atoms with Crippen LogP contribution in [0.15, 0.2) is 53.3 Å². The van der Waals surface area contributed by atoms with Gasteiger partial charge >= 0.3 is 5.97 Å². The summed E-state index contributed by atoms with van der Waals surface area (Å²) in [7, 11) is 0. The fourth-order valence-electron chi connectivity index (χ4n) is 2.23. The molecule has 0 aliphatic heterocycles. The fourth-order valence-corrected chi connectivity index (χ4v) is 2.57. The summed E-state index contributed by atoms with van der Waals surface area (Å²) in [5.41, 5.74) is 2.04. The summed E-state index contributed by atoms with van der Waals surface area (Å²) in [6.45, 7) is 1.33. The normalized spacial score (nSPS) is 10.9. The lowest BCUT2D eigenvalue weighted by Crippen LogP contribution is -2.20. The summed E-state index contributed by atoms with van der Waals surface area (Å²) in [5, 5.41) is 10.7. The Labute approximate surface area is 159 Å². The number of carbonyl (C=O) groups excluding carboxylic acids is 2. The molecule has 0 aliphatic rings. The third-order valence-electron chi connectivity index (χ3n) is 3.49. The van der Waals surface area contributed by atoms with Gasteiger partial charge in [0.1, 0.15) is 11.4 Å². The van der Waals surface area contributed by atoms with Gasteiger partial charge in [-0.3, -0.25) is 4.79 Å². The number of esters is 1. The maximum Gasteiger partial charge on any atom is 0.331 e. The number of hydrogen-bond donors (Lipinski definition) is 1. The zero-order valence-corrected chi connectivity index (χ0v) is 15.0. The highest BCUT2D eigenvalue weighted by molar-refractivity contribution is 6.31. The van der Waals surface area contributed by atoms with Crippen molar-refractivity contribution >= 4 is 35.4 Å². The number of anilines is 1. The molecule has 3 rings (SSSR count). The lowest BCUT2D eigenvalue weighted by molar-refractivity contribution is -0.142. The Morgan fingerprint density at radius 1 is 1.30 bits per heavy atom. The third kappa shape index (κ3) is 4.62. The molecule has 3 aromatic rings. The van der Waals surface area contributed by atoms with Gasteiger partial charge in [0.15, 0.2) is 12.4 Å². The lowest BCUT2D eigenvalue weighted by atomic mass is 10.2. The quantitative estimate of drug-likeness (QED) is 0.516. The first-order valence-corrected chi connectivity index (χ1v) is 8.28. The molecule has 0 spiro atoms. The average Bonchev–Trinajstić information content (AvgIpc) is 3.27. The van der Waals surface area contributed by atoms with Gasteiger partial charge in [-0.15, -0.1) is 0 Å². The molecule has 0 bridgehead atoms. The van der Waals surface area contributed by atoms with Crippen LogP contribution in [0.4, 0.5) is 5.82 Å². The van der Waals surface area contributed by atoms with Crippen molar-refractivity contribution in [3.05, 3.63) is 65.1 Å². The van der Waals surface area contributed by atoms with Crippen LogP contribution in [0.3, 0.4) is 0 Å². The van der Waals surface area contributed by atoms with Crippen LogP contribution in [-0.4, -0.2) is 33.4 Å². The molecule has 0 unspecified atom stereocenters. The summed E-state index contributed by atoms with van der Waals surface area (Å²) in [6, 6.07) is 10.8. The average molecular weight is 387 g/mol. The molecule has 9 heteroatoms. The van der Waals surface area contributed by atoms with Crippen LogP contribution in [-0.2, 0) is 14.3 Å². The van der Waals surface area contributed by atoms with E-state index in [4.69, 9.17) is 16.3 Å². The van der Waals surface area contributed by atoms with Crippen LogP contribution >= 0.6 is 11.6 Å². The van der Waals surface area contributed by atoms with Crippen LogP contribution in [0.2, 0.25) is 5.15 Å². The molecule has 8 nitrogen and oxygen atoms in total. The SMILES string of the molecule is Cc1nn(-c2ccccc2)c(Cl)c1/C=C/C(=O)OCC(=O)Nc1ccon1. The first kappa shape index (κ1) is 18.4. The van der Waals surface area contributed by atoms with Gasteiger partial charge in [0.2, 0.25) is 0 Å². The number of aryl methyl sites for hydroxylation is 1. The van der Waals surface area contributed by atoms with Gasteiger partial charge in [0.25, 0.3) is 5.91 Å². The maximum absolute atomic E-state index is 11.8. The number of para-hydroxylation sites is 1. The van der Waals surface area contributed by atoms with Crippen molar-refractivity contribution in [3.8, 4) is 5.69 Å². The van der Waals surface area contributed by atoms with E-state index in [0.29, 0.717) is 16.4 Å². The molecule has 1 aromatic carbocycles. The van der Waals surface area contributed by atoms with Crippen molar-refractivity contribution in [2.45, 2.75) is 6.92 Å². The molecule has 0 saturated carbocycles. The Hall–Kier alpha value is -3.39. The van der Waals surface area contributed by atoms with Crippen molar-refractivity contribution in [3.63, 3.8) is 0 Å². The Kier molecular flexibility index (Phi) is 5.68. The molecule has 138 valence electrons. The predicted molar refractivity (Wildman–Crippen MR) is 98.4 cm³/mol. The maximum atomic E-state index is 11.8. The fraction of sp³-hybridized carbons (Fsp3) is 0.111. The van der Waals surface area contributed by atoms with E-state index in [1.807, 2.05) is 30.3 Å². The number of ether oxygens (including phenoxy) is 1. The van der Waals surface area contributed by atoms with E-state index in [9.17, 15) is 9.59 Å². The highest BCUT2D eigenvalue weighted by atomic mass is 35.5. The van der Waals surface area contributed by atoms with Gasteiger partial charge in [-0.05, 0) is 25.1 Å². The first-order chi connectivity index (χ1) is 13.0. The molecular weight excluding hydrogens is 372 g/mol. The number of nitrogens with one attached hydrogen (secondary N) is 1. The van der Waals surface area contributed by atoms with Crippen LogP contribution in [0, 0.1) is 6.92 Å². The number of halogens is 1. The van der Waals surface area contributed by atoms with Gasteiger partial charge in [-0.2, -0.15) is 5.10 Å². The van der Waals surface area contributed by atoms with Crippen molar-refractivity contribution in [2.24, 2.45) is 0 Å². The Morgan fingerprint density at radius 2 is 2.07 bits per heavy atom. The zero-order valence-electron chi connectivity index (χ0n) is 14.3. The Balaban J connectivity index is 1.61. The van der Waals surface area contributed by atoms with E-state index in [2.05, 4.69) is 20.1 Å². The first-order valence-electron chi connectivity index (χ1n) is 7.90. The van der Waals surface area contributed by atoms with E-state index in [1.165, 1.54) is 24.5 Å². The van der Waals surface area contributed by atoms with Crippen molar-refractivity contribution in [1.82, 2.24) is 14.9 Å². The summed E-state index contributed by atoms with van der Waals surface area (Å²) >= 11 is 6.37. The molecule has 0 radical (unpaired) electrons. The smallest absolute Gasteiger partial charge is 0.331 e. The molecule has 2 heterocycles. The second kappa shape index (κ2) is 8.33. The summed E-state index contributed by atoms with van der Waals surface area (Å²) in [5.74, 6) is -0.979. The lowest BCUT2D eigenvalue weighted by Gasteiger charge is -2.02. The summed E-state index contributed by atoms with van der Waals surface area (Å²) in [4.78, 5) is 23.5. The zero-order chi connectivity index (χ0) is 19.2. The topological polar surface area (TPSA) is 99.2 Å². The molecule has 0 fully saturated rings. The summed E-state index contributed by atoms with van der Waals surface area (Å²) < 4.78 is 11.0. The number of nitrogens with zero attached hydrogens (tertiary/aromatic N) is 3. The highest BCUT2D eigenvalue weighted by Crippen LogP contribution is 2.24. The van der Waals surface area contributed by atoms with Gasteiger partial charge in [0.05, 0.1) is 11.4 Å². The largest absolute Gasteiger partial charge is 0.452 e. The predicted octanol–water partition coefficient (Wildman–Crippen LogP) is 3.02. The molecule has 27 heavy (non-hydrogen) atoms. The minimum Gasteiger partial charge on any atom is -0.452 e. The number of hydrogen-bond acceptors (Lipinski definition) is 6. The van der Waals surface area contributed by atoms with E-state index in [-0.39, 0.29) is 5.82 Å². The van der Waals surface area contributed by atoms with E-state index < -0.39 is 18.5 Å². The second-order valence-corrected chi connectivity index (χ2v) is 5.77. The molecule has 1 N–H and O–H groups in total.